The molecule has 2 N–H and O–H groups in total. The van der Waals surface area contributed by atoms with Crippen molar-refractivity contribution < 1.29 is 9.53 Å². The number of benzene rings is 1. The molecule has 2 rings (SSSR count). The van der Waals surface area contributed by atoms with Crippen LogP contribution in [0.1, 0.15) is 45.6 Å². The second-order valence-electron chi connectivity index (χ2n) is 7.94. The molecule has 1 fully saturated rings. The number of carbonyl (C=O) groups excluding carboxylic acids is 1. The summed E-state index contributed by atoms with van der Waals surface area (Å²) < 4.78 is 5.56. The van der Waals surface area contributed by atoms with Crippen LogP contribution in [0.25, 0.3) is 0 Å². The molecule has 1 amide bonds. The number of nitrogens with one attached hydrogen (secondary N) is 2. The van der Waals surface area contributed by atoms with Crippen LogP contribution in [0.4, 0.5) is 0 Å². The van der Waals surface area contributed by atoms with Crippen molar-refractivity contribution >= 4 is 23.2 Å². The van der Waals surface area contributed by atoms with E-state index in [1.807, 2.05) is 18.2 Å². The van der Waals surface area contributed by atoms with Crippen LogP contribution < -0.4 is 15.4 Å². The minimum absolute atomic E-state index is 0.0483. The smallest absolute Gasteiger partial charge is 0.225 e. The molecule has 0 aliphatic carbocycles. The molecule has 1 heterocycles. The Hall–Kier alpha value is -1.82. The maximum absolute atomic E-state index is 13.0. The molecule has 1 aliphatic heterocycles. The topological polar surface area (TPSA) is 53.6 Å². The van der Waals surface area contributed by atoms with Gasteiger partial charge in [-0.1, -0.05) is 32.0 Å². The van der Waals surface area contributed by atoms with Crippen molar-refractivity contribution in [2.45, 2.75) is 46.1 Å². The van der Waals surface area contributed by atoms with Crippen molar-refractivity contribution in [3.8, 4) is 5.75 Å². The van der Waals surface area contributed by atoms with E-state index in [0.29, 0.717) is 30.7 Å². The van der Waals surface area contributed by atoms with Gasteiger partial charge in [0.05, 0.1) is 13.0 Å². The number of hydrogen-bond donors (Lipinski definition) is 2. The number of nitrogens with zero attached hydrogens (tertiary/aromatic N) is 1. The lowest BCUT2D eigenvalue weighted by Gasteiger charge is -2.22. The molecule has 1 saturated heterocycles. The summed E-state index contributed by atoms with van der Waals surface area (Å²) in [5, 5.41) is 7.13. The van der Waals surface area contributed by atoms with E-state index in [9.17, 15) is 4.79 Å². The highest BCUT2D eigenvalue weighted by molar-refractivity contribution is 7.80. The van der Waals surface area contributed by atoms with Crippen LogP contribution in [-0.2, 0) is 4.79 Å². The molecule has 0 radical (unpaired) electrons. The summed E-state index contributed by atoms with van der Waals surface area (Å²) >= 11 is 5.57. The quantitative estimate of drug-likeness (QED) is 0.700. The number of carbonyl (C=O) groups is 1. The molecule has 1 aromatic carbocycles. The highest BCUT2D eigenvalue weighted by Crippen LogP contribution is 2.37. The van der Waals surface area contributed by atoms with Gasteiger partial charge >= 0.3 is 0 Å². The standard InChI is InChI=1S/C21H33N3O2S/c1-14(2)10-11-22-20(25)18-13-24(21(27)23-15(3)4)12-17(18)16-8-6-7-9-19(16)26-5/h6-9,14-15,17-18H,10-13H2,1-5H3,(H,22,25)(H,23,27). The van der Waals surface area contributed by atoms with Crippen molar-refractivity contribution in [1.82, 2.24) is 15.5 Å². The highest BCUT2D eigenvalue weighted by atomic mass is 32.1. The van der Waals surface area contributed by atoms with E-state index in [4.69, 9.17) is 17.0 Å². The van der Waals surface area contributed by atoms with Crippen LogP contribution in [0, 0.1) is 11.8 Å². The first-order chi connectivity index (χ1) is 12.8. The highest BCUT2D eigenvalue weighted by Gasteiger charge is 2.40. The van der Waals surface area contributed by atoms with Gasteiger partial charge in [0.25, 0.3) is 0 Å². The van der Waals surface area contributed by atoms with Crippen molar-refractivity contribution in [3.63, 3.8) is 0 Å². The Bertz CT molecular complexity index is 648. The third-order valence-corrected chi connectivity index (χ3v) is 5.29. The monoisotopic (exact) mass is 391 g/mol. The fourth-order valence-electron chi connectivity index (χ4n) is 3.48. The van der Waals surface area contributed by atoms with Gasteiger partial charge in [-0.2, -0.15) is 0 Å². The summed E-state index contributed by atoms with van der Waals surface area (Å²) in [6.07, 6.45) is 0.981. The molecule has 5 nitrogen and oxygen atoms in total. The van der Waals surface area contributed by atoms with Gasteiger partial charge in [-0.05, 0) is 50.0 Å². The average Bonchev–Trinajstić information content (AvgIpc) is 3.06. The maximum atomic E-state index is 13.0. The van der Waals surface area contributed by atoms with Gasteiger partial charge < -0.3 is 20.3 Å². The number of likely N-dealkylation sites (tertiary alicyclic amines) is 1. The summed E-state index contributed by atoms with van der Waals surface area (Å²) in [4.78, 5) is 15.1. The molecule has 27 heavy (non-hydrogen) atoms. The Morgan fingerprint density at radius 1 is 1.26 bits per heavy atom. The second kappa shape index (κ2) is 9.93. The number of rotatable bonds is 7. The molecule has 2 atom stereocenters. The van der Waals surface area contributed by atoms with Crippen molar-refractivity contribution in [2.24, 2.45) is 11.8 Å². The fourth-order valence-corrected chi connectivity index (χ4v) is 3.86. The maximum Gasteiger partial charge on any atom is 0.225 e. The molecular weight excluding hydrogens is 358 g/mol. The van der Waals surface area contributed by atoms with Crippen LogP contribution in [-0.4, -0.2) is 48.7 Å². The van der Waals surface area contributed by atoms with Crippen LogP contribution >= 0.6 is 12.2 Å². The largest absolute Gasteiger partial charge is 0.496 e. The van der Waals surface area contributed by atoms with Gasteiger partial charge in [0.15, 0.2) is 5.11 Å². The Balaban J connectivity index is 2.20. The Kier molecular flexibility index (Phi) is 7.90. The number of thiocarbonyl (C=S) groups is 1. The van der Waals surface area contributed by atoms with E-state index < -0.39 is 0 Å². The van der Waals surface area contributed by atoms with Crippen LogP contribution in [0.2, 0.25) is 0 Å². The molecule has 2 unspecified atom stereocenters. The molecule has 1 aromatic rings. The van der Waals surface area contributed by atoms with Crippen LogP contribution in [0.3, 0.4) is 0 Å². The van der Waals surface area contributed by atoms with E-state index in [1.54, 1.807) is 7.11 Å². The average molecular weight is 392 g/mol. The minimum atomic E-state index is -0.152. The zero-order valence-electron chi connectivity index (χ0n) is 17.1. The summed E-state index contributed by atoms with van der Waals surface area (Å²) in [5.41, 5.74) is 1.07. The lowest BCUT2D eigenvalue weighted by atomic mass is 9.87. The van der Waals surface area contributed by atoms with Gasteiger partial charge in [0.2, 0.25) is 5.91 Å². The molecule has 0 bridgehead atoms. The Morgan fingerprint density at radius 2 is 1.96 bits per heavy atom. The van der Waals surface area contributed by atoms with Gasteiger partial charge in [0.1, 0.15) is 5.75 Å². The summed E-state index contributed by atoms with van der Waals surface area (Å²) in [7, 11) is 1.67. The fraction of sp³-hybridized carbons (Fsp3) is 0.619. The van der Waals surface area contributed by atoms with E-state index in [-0.39, 0.29) is 23.8 Å². The Morgan fingerprint density at radius 3 is 2.59 bits per heavy atom. The van der Waals surface area contributed by atoms with Gasteiger partial charge in [-0.3, -0.25) is 4.79 Å². The van der Waals surface area contributed by atoms with Gasteiger partial charge in [-0.25, -0.2) is 0 Å². The number of hydrogen-bond acceptors (Lipinski definition) is 3. The first-order valence-corrected chi connectivity index (χ1v) is 10.2. The zero-order valence-corrected chi connectivity index (χ0v) is 17.9. The predicted molar refractivity (Wildman–Crippen MR) is 114 cm³/mol. The first kappa shape index (κ1) is 21.5. The lowest BCUT2D eigenvalue weighted by molar-refractivity contribution is -0.124. The predicted octanol–water partition coefficient (Wildman–Crippen LogP) is 3.16. The Labute approximate surface area is 168 Å². The SMILES string of the molecule is COc1ccccc1C1CN(C(=S)NC(C)C)CC1C(=O)NCCC(C)C. The number of amides is 1. The van der Waals surface area contributed by atoms with Gasteiger partial charge in [0, 0.05) is 31.6 Å². The van der Waals surface area contributed by atoms with E-state index in [1.165, 1.54) is 0 Å². The van der Waals surface area contributed by atoms with Crippen molar-refractivity contribution in [2.75, 3.05) is 26.7 Å². The van der Waals surface area contributed by atoms with Gasteiger partial charge in [-0.15, -0.1) is 0 Å². The molecular formula is C21H33N3O2S. The first-order valence-electron chi connectivity index (χ1n) is 9.79. The number of para-hydroxylation sites is 1. The van der Waals surface area contributed by atoms with Crippen LogP contribution in [0.5, 0.6) is 5.75 Å². The van der Waals surface area contributed by atoms with Crippen molar-refractivity contribution in [1.29, 1.82) is 0 Å². The molecule has 150 valence electrons. The van der Waals surface area contributed by atoms with Crippen molar-refractivity contribution in [3.05, 3.63) is 29.8 Å². The zero-order chi connectivity index (χ0) is 20.0. The molecule has 0 aromatic heterocycles. The minimum Gasteiger partial charge on any atom is -0.496 e. The third-order valence-electron chi connectivity index (χ3n) is 4.92. The van der Waals surface area contributed by atoms with E-state index >= 15 is 0 Å². The molecule has 0 spiro atoms. The molecule has 0 saturated carbocycles. The lowest BCUT2D eigenvalue weighted by Crippen LogP contribution is -2.42. The van der Waals surface area contributed by atoms with E-state index in [2.05, 4.69) is 49.3 Å². The third kappa shape index (κ3) is 5.83. The summed E-state index contributed by atoms with van der Waals surface area (Å²) in [6.45, 7) is 10.5. The molecule has 1 aliphatic rings. The molecule has 6 heteroatoms. The van der Waals surface area contributed by atoms with Crippen LogP contribution in [0.15, 0.2) is 24.3 Å². The normalized spacial score (nSPS) is 19.4. The number of methoxy groups -OCH3 is 1. The number of ether oxygens (including phenoxy) is 1. The van der Waals surface area contributed by atoms with E-state index in [0.717, 1.165) is 17.7 Å². The second-order valence-corrected chi connectivity index (χ2v) is 8.32. The summed E-state index contributed by atoms with van der Waals surface area (Å²) in [6, 6.07) is 8.23. The summed E-state index contributed by atoms with van der Waals surface area (Å²) in [5.74, 6) is 1.39.